The molecule has 1 amide bonds. The van der Waals surface area contributed by atoms with Crippen molar-refractivity contribution in [1.82, 2.24) is 5.32 Å². The van der Waals surface area contributed by atoms with Crippen LogP contribution < -0.4 is 5.32 Å². The van der Waals surface area contributed by atoms with E-state index in [0.717, 1.165) is 25.7 Å². The van der Waals surface area contributed by atoms with Crippen LogP contribution in [0.15, 0.2) is 30.3 Å². The van der Waals surface area contributed by atoms with E-state index in [4.69, 9.17) is 5.11 Å². The maximum absolute atomic E-state index is 11.0. The third-order valence-electron chi connectivity index (χ3n) is 3.70. The fourth-order valence-electron chi connectivity index (χ4n) is 2.51. The largest absolute Gasteiger partial charge is 0.481 e. The molecule has 0 bridgehead atoms. The predicted molar refractivity (Wildman–Crippen MR) is 93.2 cm³/mol. The molecule has 0 saturated heterocycles. The summed E-state index contributed by atoms with van der Waals surface area (Å²) in [5.74, 6) is -0.731. The molecule has 4 heteroatoms. The lowest BCUT2D eigenvalue weighted by atomic mass is 10.0. The fraction of sp³-hybridized carbons (Fsp3) is 0.474. The summed E-state index contributed by atoms with van der Waals surface area (Å²) in [6.07, 6.45) is 5.75. The minimum atomic E-state index is -0.727. The zero-order valence-electron chi connectivity index (χ0n) is 14.3. The SMILES string of the molecule is CC(=O)N[C@H](C)Cc1ccc(C(C)=CCCCCC(=O)O)cc1. The van der Waals surface area contributed by atoms with Gasteiger partial charge in [-0.05, 0) is 56.2 Å². The molecule has 0 unspecified atom stereocenters. The molecule has 2 N–H and O–H groups in total. The quantitative estimate of drug-likeness (QED) is 0.681. The Morgan fingerprint density at radius 1 is 1.17 bits per heavy atom. The molecule has 1 aromatic carbocycles. The molecule has 4 nitrogen and oxygen atoms in total. The van der Waals surface area contributed by atoms with Crippen molar-refractivity contribution in [1.29, 1.82) is 0 Å². The van der Waals surface area contributed by atoms with Gasteiger partial charge in [-0.2, -0.15) is 0 Å². The van der Waals surface area contributed by atoms with Gasteiger partial charge in [0.2, 0.25) is 5.91 Å². The van der Waals surface area contributed by atoms with Crippen molar-refractivity contribution in [2.24, 2.45) is 0 Å². The highest BCUT2D eigenvalue weighted by atomic mass is 16.4. The van der Waals surface area contributed by atoms with E-state index in [9.17, 15) is 9.59 Å². The molecule has 0 aliphatic carbocycles. The zero-order valence-corrected chi connectivity index (χ0v) is 14.3. The van der Waals surface area contributed by atoms with Gasteiger partial charge in [0.1, 0.15) is 0 Å². The maximum atomic E-state index is 11.0. The van der Waals surface area contributed by atoms with Gasteiger partial charge in [-0.3, -0.25) is 9.59 Å². The van der Waals surface area contributed by atoms with Gasteiger partial charge >= 0.3 is 5.97 Å². The van der Waals surface area contributed by atoms with E-state index in [2.05, 4.69) is 42.6 Å². The predicted octanol–water partition coefficient (Wildman–Crippen LogP) is 3.80. The minimum Gasteiger partial charge on any atom is -0.481 e. The van der Waals surface area contributed by atoms with Gasteiger partial charge in [-0.1, -0.05) is 30.3 Å². The average molecular weight is 317 g/mol. The number of carboxylic acids is 1. The summed E-state index contributed by atoms with van der Waals surface area (Å²) in [7, 11) is 0. The summed E-state index contributed by atoms with van der Waals surface area (Å²) in [6, 6.07) is 8.51. The Labute approximate surface area is 138 Å². The van der Waals surface area contributed by atoms with E-state index in [1.807, 2.05) is 6.92 Å². The van der Waals surface area contributed by atoms with Crippen LogP contribution in [0.4, 0.5) is 0 Å². The molecule has 1 rings (SSSR count). The number of hydrogen-bond acceptors (Lipinski definition) is 2. The van der Waals surface area contributed by atoms with Crippen LogP contribution in [0, 0.1) is 0 Å². The molecular weight excluding hydrogens is 290 g/mol. The van der Waals surface area contributed by atoms with Gasteiger partial charge in [0.25, 0.3) is 0 Å². The van der Waals surface area contributed by atoms with Crippen LogP contribution in [0.2, 0.25) is 0 Å². The lowest BCUT2D eigenvalue weighted by Gasteiger charge is -2.12. The average Bonchev–Trinajstić information content (AvgIpc) is 2.46. The standard InChI is InChI=1S/C19H27NO3/c1-14(7-5-4-6-8-19(22)23)18-11-9-17(10-12-18)13-15(2)20-16(3)21/h7,9-12,15H,4-6,8,13H2,1-3H3,(H,20,21)(H,22,23)/t15-/m1/s1. The maximum Gasteiger partial charge on any atom is 0.303 e. The minimum absolute atomic E-state index is 0.00389. The Kier molecular flexibility index (Phi) is 8.09. The molecule has 0 radical (unpaired) electrons. The van der Waals surface area contributed by atoms with Gasteiger partial charge in [0.15, 0.2) is 0 Å². The molecule has 0 spiro atoms. The number of amides is 1. The highest BCUT2D eigenvalue weighted by molar-refractivity contribution is 5.73. The topological polar surface area (TPSA) is 66.4 Å². The number of nitrogens with one attached hydrogen (secondary N) is 1. The van der Waals surface area contributed by atoms with Crippen LogP contribution in [0.25, 0.3) is 5.57 Å². The number of rotatable bonds is 9. The van der Waals surface area contributed by atoms with Gasteiger partial charge < -0.3 is 10.4 Å². The summed E-state index contributed by atoms with van der Waals surface area (Å²) in [5.41, 5.74) is 3.59. The molecule has 0 aromatic heterocycles. The number of carbonyl (C=O) groups excluding carboxylic acids is 1. The van der Waals surface area contributed by atoms with Gasteiger partial charge in [-0.25, -0.2) is 0 Å². The number of carbonyl (C=O) groups is 2. The van der Waals surface area contributed by atoms with Gasteiger partial charge in [0, 0.05) is 19.4 Å². The smallest absolute Gasteiger partial charge is 0.303 e. The molecule has 0 saturated carbocycles. The summed E-state index contributed by atoms with van der Waals surface area (Å²) >= 11 is 0. The fourth-order valence-corrected chi connectivity index (χ4v) is 2.51. The second kappa shape index (κ2) is 9.82. The monoisotopic (exact) mass is 317 g/mol. The number of benzene rings is 1. The third-order valence-corrected chi connectivity index (χ3v) is 3.70. The second-order valence-electron chi connectivity index (χ2n) is 6.03. The van der Waals surface area contributed by atoms with Crippen molar-refractivity contribution >= 4 is 17.4 Å². The number of allylic oxidation sites excluding steroid dienone is 2. The van der Waals surface area contributed by atoms with Crippen molar-refractivity contribution in [3.8, 4) is 0 Å². The molecule has 1 atom stereocenters. The Morgan fingerprint density at radius 2 is 1.83 bits per heavy atom. The van der Waals surface area contributed by atoms with Gasteiger partial charge in [0.05, 0.1) is 0 Å². The second-order valence-corrected chi connectivity index (χ2v) is 6.03. The summed E-state index contributed by atoms with van der Waals surface area (Å²) < 4.78 is 0. The number of unbranched alkanes of at least 4 members (excludes halogenated alkanes) is 2. The molecule has 0 aliphatic rings. The molecule has 0 fully saturated rings. The van der Waals surface area contributed by atoms with E-state index in [1.165, 1.54) is 23.6 Å². The third kappa shape index (κ3) is 8.19. The molecular formula is C19H27NO3. The first-order valence-corrected chi connectivity index (χ1v) is 8.13. The van der Waals surface area contributed by atoms with Crippen LogP contribution in [0.1, 0.15) is 57.6 Å². The van der Waals surface area contributed by atoms with Crippen LogP contribution >= 0.6 is 0 Å². The van der Waals surface area contributed by atoms with Gasteiger partial charge in [-0.15, -0.1) is 0 Å². The number of carboxylic acid groups (broad SMARTS) is 1. The van der Waals surface area contributed by atoms with E-state index in [0.29, 0.717) is 0 Å². The summed E-state index contributed by atoms with van der Waals surface area (Å²) in [6.45, 7) is 5.61. The highest BCUT2D eigenvalue weighted by Crippen LogP contribution is 2.17. The number of hydrogen-bond donors (Lipinski definition) is 2. The van der Waals surface area contributed by atoms with Crippen molar-refractivity contribution < 1.29 is 14.7 Å². The van der Waals surface area contributed by atoms with E-state index < -0.39 is 5.97 Å². The Bertz CT molecular complexity index is 546. The first kappa shape index (κ1) is 18.9. The lowest BCUT2D eigenvalue weighted by Crippen LogP contribution is -2.31. The first-order chi connectivity index (χ1) is 10.9. The zero-order chi connectivity index (χ0) is 17.2. The van der Waals surface area contributed by atoms with Crippen LogP contribution in [0.5, 0.6) is 0 Å². The first-order valence-electron chi connectivity index (χ1n) is 8.13. The van der Waals surface area contributed by atoms with Crippen LogP contribution in [-0.4, -0.2) is 23.0 Å². The van der Waals surface area contributed by atoms with Crippen molar-refractivity contribution in [2.75, 3.05) is 0 Å². The Hall–Kier alpha value is -2.10. The normalized spacial score (nSPS) is 12.7. The van der Waals surface area contributed by atoms with E-state index in [1.54, 1.807) is 0 Å². The summed E-state index contributed by atoms with van der Waals surface area (Å²) in [4.78, 5) is 21.5. The highest BCUT2D eigenvalue weighted by Gasteiger charge is 2.05. The lowest BCUT2D eigenvalue weighted by molar-refractivity contribution is -0.137. The molecule has 23 heavy (non-hydrogen) atoms. The number of aliphatic carboxylic acids is 1. The van der Waals surface area contributed by atoms with E-state index in [-0.39, 0.29) is 18.4 Å². The Morgan fingerprint density at radius 3 is 2.39 bits per heavy atom. The summed E-state index contributed by atoms with van der Waals surface area (Å²) in [5, 5.41) is 11.5. The van der Waals surface area contributed by atoms with E-state index >= 15 is 0 Å². The van der Waals surface area contributed by atoms with Crippen molar-refractivity contribution in [3.05, 3.63) is 41.5 Å². The van der Waals surface area contributed by atoms with Crippen LogP contribution in [-0.2, 0) is 16.0 Å². The Balaban J connectivity index is 2.48. The van der Waals surface area contributed by atoms with Crippen LogP contribution in [0.3, 0.4) is 0 Å². The molecule has 0 aliphatic heterocycles. The molecule has 126 valence electrons. The molecule has 0 heterocycles. The van der Waals surface area contributed by atoms with Crippen molar-refractivity contribution in [2.45, 2.75) is 58.9 Å². The van der Waals surface area contributed by atoms with Crippen molar-refractivity contribution in [3.63, 3.8) is 0 Å². The molecule has 1 aromatic rings.